The van der Waals surface area contributed by atoms with Crippen LogP contribution in [0.4, 0.5) is 0 Å². The fourth-order valence-electron chi connectivity index (χ4n) is 2.36. The topological polar surface area (TPSA) is 58.6 Å². The summed E-state index contributed by atoms with van der Waals surface area (Å²) in [6, 6.07) is 16.6. The molecule has 0 saturated carbocycles. The lowest BCUT2D eigenvalue weighted by molar-refractivity contribution is -0.132. The highest BCUT2D eigenvalue weighted by molar-refractivity contribution is 8.26. The predicted molar refractivity (Wildman–Crippen MR) is 106 cm³/mol. The van der Waals surface area contributed by atoms with E-state index in [4.69, 9.17) is 17.0 Å². The minimum atomic E-state index is -0.336. The van der Waals surface area contributed by atoms with Gasteiger partial charge in [-0.05, 0) is 41.6 Å². The molecule has 2 aromatic carbocycles. The van der Waals surface area contributed by atoms with Crippen molar-refractivity contribution in [3.05, 3.63) is 70.6 Å². The predicted octanol–water partition coefficient (Wildman–Crippen LogP) is 3.17. The van der Waals surface area contributed by atoms with E-state index in [1.807, 2.05) is 54.6 Å². The number of hydrazine groups is 1. The Labute approximate surface area is 161 Å². The van der Waals surface area contributed by atoms with E-state index in [9.17, 15) is 9.59 Å². The van der Waals surface area contributed by atoms with E-state index in [0.717, 1.165) is 33.6 Å². The molecule has 1 aliphatic rings. The summed E-state index contributed by atoms with van der Waals surface area (Å²) >= 11 is 6.38. The number of carbonyl (C=O) groups is 2. The van der Waals surface area contributed by atoms with E-state index in [0.29, 0.717) is 9.23 Å². The van der Waals surface area contributed by atoms with Gasteiger partial charge in [-0.2, -0.15) is 5.01 Å². The molecule has 1 saturated heterocycles. The molecule has 7 heteroatoms. The number of hydrogen-bond acceptors (Lipinski definition) is 5. The van der Waals surface area contributed by atoms with Gasteiger partial charge in [-0.1, -0.05) is 54.2 Å². The Morgan fingerprint density at radius 3 is 2.54 bits per heavy atom. The first-order chi connectivity index (χ1) is 12.6. The van der Waals surface area contributed by atoms with Crippen molar-refractivity contribution >= 4 is 46.2 Å². The first kappa shape index (κ1) is 18.2. The summed E-state index contributed by atoms with van der Waals surface area (Å²) in [6.45, 7) is 0. The van der Waals surface area contributed by atoms with E-state index in [1.54, 1.807) is 13.2 Å². The maximum absolute atomic E-state index is 12.5. The highest BCUT2D eigenvalue weighted by Gasteiger charge is 2.33. The molecule has 26 heavy (non-hydrogen) atoms. The lowest BCUT2D eigenvalue weighted by atomic mass is 10.1. The number of hydrogen-bond donors (Lipinski definition) is 1. The second kappa shape index (κ2) is 8.16. The highest BCUT2D eigenvalue weighted by Crippen LogP contribution is 2.31. The maximum Gasteiger partial charge on any atom is 0.285 e. The second-order valence-corrected chi connectivity index (χ2v) is 7.16. The average molecular weight is 384 g/mol. The Hall–Kier alpha value is -2.64. The van der Waals surface area contributed by atoms with Crippen molar-refractivity contribution in [1.82, 2.24) is 10.4 Å². The van der Waals surface area contributed by atoms with E-state index in [2.05, 4.69) is 5.43 Å². The van der Waals surface area contributed by atoms with Gasteiger partial charge in [0.25, 0.3) is 5.91 Å². The Morgan fingerprint density at radius 2 is 1.88 bits per heavy atom. The van der Waals surface area contributed by atoms with Crippen LogP contribution in [0.3, 0.4) is 0 Å². The molecule has 0 unspecified atom stereocenters. The smallest absolute Gasteiger partial charge is 0.285 e. The number of carbonyl (C=O) groups excluding carboxylic acids is 2. The Bertz CT molecular complexity index is 864. The van der Waals surface area contributed by atoms with Gasteiger partial charge in [0.1, 0.15) is 5.75 Å². The van der Waals surface area contributed by atoms with Crippen LogP contribution < -0.4 is 10.2 Å². The van der Waals surface area contributed by atoms with Crippen molar-refractivity contribution in [3.63, 3.8) is 0 Å². The molecule has 3 rings (SSSR count). The normalized spacial score (nSPS) is 15.4. The fourth-order valence-corrected chi connectivity index (χ4v) is 3.54. The number of thioether (sulfide) groups is 1. The summed E-state index contributed by atoms with van der Waals surface area (Å²) in [6.07, 6.45) is 1.91. The molecule has 1 heterocycles. The molecule has 2 amide bonds. The van der Waals surface area contributed by atoms with E-state index >= 15 is 0 Å². The number of nitrogens with one attached hydrogen (secondary N) is 1. The minimum absolute atomic E-state index is 0.176. The first-order valence-corrected chi connectivity index (χ1v) is 9.05. The van der Waals surface area contributed by atoms with Crippen molar-refractivity contribution in [2.24, 2.45) is 0 Å². The summed E-state index contributed by atoms with van der Waals surface area (Å²) in [5.41, 5.74) is 4.30. The van der Waals surface area contributed by atoms with Crippen LogP contribution in [0.2, 0.25) is 0 Å². The Balaban J connectivity index is 1.68. The number of thiocarbonyl (C=S) groups is 1. The molecule has 1 N–H and O–H groups in total. The van der Waals surface area contributed by atoms with Crippen molar-refractivity contribution in [2.75, 3.05) is 7.11 Å². The number of amides is 2. The zero-order chi connectivity index (χ0) is 18.5. The SMILES string of the molecule is COc1ccc(/C=C2\SC(=S)N(NC(=O)Cc3ccccc3)C2=O)cc1. The van der Waals surface area contributed by atoms with Gasteiger partial charge in [-0.3, -0.25) is 15.0 Å². The second-order valence-electron chi connectivity index (χ2n) is 5.49. The number of benzene rings is 2. The number of rotatable bonds is 5. The highest BCUT2D eigenvalue weighted by atomic mass is 32.2. The molecule has 1 fully saturated rings. The van der Waals surface area contributed by atoms with Gasteiger partial charge in [0.15, 0.2) is 4.32 Å². The molecule has 1 aliphatic heterocycles. The Morgan fingerprint density at radius 1 is 1.19 bits per heavy atom. The zero-order valence-corrected chi connectivity index (χ0v) is 15.6. The lowest BCUT2D eigenvalue weighted by Crippen LogP contribution is -2.45. The molecule has 0 spiro atoms. The van der Waals surface area contributed by atoms with E-state index < -0.39 is 0 Å². The Kier molecular flexibility index (Phi) is 5.70. The molecular formula is C19H16N2O3S2. The summed E-state index contributed by atoms with van der Waals surface area (Å²) in [5.74, 6) is 0.110. The molecule has 132 valence electrons. The fraction of sp³-hybridized carbons (Fsp3) is 0.105. The molecule has 2 aromatic rings. The van der Waals surface area contributed by atoms with Gasteiger partial charge in [-0.15, -0.1) is 0 Å². The monoisotopic (exact) mass is 384 g/mol. The molecule has 0 atom stereocenters. The van der Waals surface area contributed by atoms with E-state index in [-0.39, 0.29) is 18.2 Å². The molecule has 5 nitrogen and oxygen atoms in total. The van der Waals surface area contributed by atoms with Gasteiger partial charge >= 0.3 is 0 Å². The third-order valence-corrected chi connectivity index (χ3v) is 4.95. The number of nitrogens with zero attached hydrogens (tertiary/aromatic N) is 1. The molecule has 0 bridgehead atoms. The largest absolute Gasteiger partial charge is 0.497 e. The first-order valence-electron chi connectivity index (χ1n) is 7.82. The van der Waals surface area contributed by atoms with Crippen molar-refractivity contribution < 1.29 is 14.3 Å². The summed E-state index contributed by atoms with van der Waals surface area (Å²) in [5, 5.41) is 1.13. The summed E-state index contributed by atoms with van der Waals surface area (Å²) in [4.78, 5) is 25.2. The standard InChI is InChI=1S/C19H16N2O3S2/c1-24-15-9-7-14(8-10-15)11-16-18(23)21(19(25)26-16)20-17(22)12-13-5-3-2-4-6-13/h2-11H,12H2,1H3,(H,20,22)/b16-11-. The van der Waals surface area contributed by atoms with Crippen LogP contribution in [-0.4, -0.2) is 28.3 Å². The van der Waals surface area contributed by atoms with Gasteiger partial charge in [-0.25, -0.2) is 0 Å². The van der Waals surface area contributed by atoms with Crippen LogP contribution in [0.5, 0.6) is 5.75 Å². The van der Waals surface area contributed by atoms with Crippen molar-refractivity contribution in [2.45, 2.75) is 6.42 Å². The van der Waals surface area contributed by atoms with Crippen LogP contribution in [0.25, 0.3) is 6.08 Å². The van der Waals surface area contributed by atoms with Gasteiger partial charge in [0.2, 0.25) is 5.91 Å². The summed E-state index contributed by atoms with van der Waals surface area (Å²) < 4.78 is 5.42. The lowest BCUT2D eigenvalue weighted by Gasteiger charge is -2.15. The molecule has 0 radical (unpaired) electrons. The average Bonchev–Trinajstić information content (AvgIpc) is 2.90. The third-order valence-electron chi connectivity index (χ3n) is 3.65. The van der Waals surface area contributed by atoms with Crippen LogP contribution in [0, 0.1) is 0 Å². The van der Waals surface area contributed by atoms with E-state index in [1.165, 1.54) is 0 Å². The number of ether oxygens (including phenoxy) is 1. The third kappa shape index (κ3) is 4.30. The van der Waals surface area contributed by atoms with Crippen molar-refractivity contribution in [1.29, 1.82) is 0 Å². The van der Waals surface area contributed by atoms with Gasteiger partial charge < -0.3 is 4.74 Å². The van der Waals surface area contributed by atoms with Crippen LogP contribution in [0.15, 0.2) is 59.5 Å². The minimum Gasteiger partial charge on any atom is -0.497 e. The molecule has 0 aromatic heterocycles. The quantitative estimate of drug-likeness (QED) is 0.634. The van der Waals surface area contributed by atoms with Gasteiger partial charge in [0, 0.05) is 0 Å². The summed E-state index contributed by atoms with van der Waals surface area (Å²) in [7, 11) is 1.60. The van der Waals surface area contributed by atoms with Crippen molar-refractivity contribution in [3.8, 4) is 5.75 Å². The maximum atomic E-state index is 12.5. The van der Waals surface area contributed by atoms with Crippen LogP contribution in [0.1, 0.15) is 11.1 Å². The molecular weight excluding hydrogens is 368 g/mol. The molecule has 0 aliphatic carbocycles. The van der Waals surface area contributed by atoms with Gasteiger partial charge in [0.05, 0.1) is 18.4 Å². The van der Waals surface area contributed by atoms with Crippen LogP contribution in [-0.2, 0) is 16.0 Å². The van der Waals surface area contributed by atoms with Crippen LogP contribution >= 0.6 is 24.0 Å². The zero-order valence-electron chi connectivity index (χ0n) is 14.0. The number of methoxy groups -OCH3 is 1.